The van der Waals surface area contributed by atoms with E-state index in [4.69, 9.17) is 14.2 Å². The second-order valence-corrected chi connectivity index (χ2v) is 9.51. The number of nitro benzene ring substituents is 1. The Morgan fingerprint density at radius 2 is 1.89 bits per heavy atom. The zero-order valence-electron chi connectivity index (χ0n) is 20.4. The molecular formula is C25H31N3O7. The van der Waals surface area contributed by atoms with Crippen LogP contribution in [-0.4, -0.2) is 47.3 Å². The second kappa shape index (κ2) is 11.1. The third-order valence-electron chi connectivity index (χ3n) is 5.28. The lowest BCUT2D eigenvalue weighted by molar-refractivity contribution is -0.384. The van der Waals surface area contributed by atoms with Gasteiger partial charge in [-0.15, -0.1) is 0 Å². The first-order valence-electron chi connectivity index (χ1n) is 11.4. The number of ether oxygens (including phenoxy) is 3. The minimum atomic E-state index is -0.747. The molecule has 0 saturated carbocycles. The van der Waals surface area contributed by atoms with Crippen LogP contribution in [0.5, 0.6) is 11.5 Å². The van der Waals surface area contributed by atoms with Crippen LogP contribution in [0.3, 0.4) is 0 Å². The van der Waals surface area contributed by atoms with E-state index in [0.717, 1.165) is 18.4 Å². The van der Waals surface area contributed by atoms with Gasteiger partial charge in [0.1, 0.15) is 17.1 Å². The number of anilines is 1. The molecule has 10 heteroatoms. The molecule has 10 nitrogen and oxygen atoms in total. The van der Waals surface area contributed by atoms with Crippen LogP contribution in [0.15, 0.2) is 42.5 Å². The Bertz CT molecular complexity index is 1060. The molecular weight excluding hydrogens is 454 g/mol. The monoisotopic (exact) mass is 485 g/mol. The second-order valence-electron chi connectivity index (χ2n) is 9.51. The molecule has 2 aromatic carbocycles. The van der Waals surface area contributed by atoms with Crippen LogP contribution in [0, 0.1) is 23.0 Å². The summed E-state index contributed by atoms with van der Waals surface area (Å²) < 4.78 is 16.7. The predicted molar refractivity (Wildman–Crippen MR) is 130 cm³/mol. The number of benzene rings is 2. The molecule has 1 heterocycles. The average molecular weight is 486 g/mol. The molecule has 1 fully saturated rings. The van der Waals surface area contributed by atoms with Crippen molar-refractivity contribution in [2.24, 2.45) is 5.92 Å². The lowest BCUT2D eigenvalue weighted by Crippen LogP contribution is -2.44. The standard InChI is InChI=1S/C25H31N3O7/c1-17-7-12-22(33-16-18-6-5-13-27(15-18)24(30)35-25(2,3)4)21(14-17)26-23(29)34-20-10-8-19(9-11-20)28(31)32/h7-12,14,18H,5-6,13,15-16H2,1-4H3,(H,26,29). The Hall–Kier alpha value is -3.82. The van der Waals surface area contributed by atoms with Crippen LogP contribution in [0.2, 0.25) is 0 Å². The molecule has 0 aliphatic carbocycles. The number of carbonyl (C=O) groups excluding carboxylic acids is 2. The molecule has 1 N–H and O–H groups in total. The van der Waals surface area contributed by atoms with E-state index in [1.165, 1.54) is 24.3 Å². The van der Waals surface area contributed by atoms with Gasteiger partial charge in [-0.25, -0.2) is 9.59 Å². The molecule has 1 aliphatic rings. The van der Waals surface area contributed by atoms with Gasteiger partial charge in [-0.2, -0.15) is 0 Å². The average Bonchev–Trinajstić information content (AvgIpc) is 2.78. The normalized spacial score (nSPS) is 15.8. The first-order chi connectivity index (χ1) is 16.5. The number of hydrogen-bond acceptors (Lipinski definition) is 7. The van der Waals surface area contributed by atoms with Crippen LogP contribution >= 0.6 is 0 Å². The van der Waals surface area contributed by atoms with Crippen LogP contribution < -0.4 is 14.8 Å². The summed E-state index contributed by atoms with van der Waals surface area (Å²) in [5.74, 6) is 0.774. The summed E-state index contributed by atoms with van der Waals surface area (Å²) in [6.45, 7) is 8.96. The molecule has 2 amide bonds. The molecule has 0 spiro atoms. The Morgan fingerprint density at radius 1 is 1.17 bits per heavy atom. The number of non-ortho nitro benzene ring substituents is 1. The zero-order chi connectivity index (χ0) is 25.6. The smallest absolute Gasteiger partial charge is 0.417 e. The van der Waals surface area contributed by atoms with Gasteiger partial charge >= 0.3 is 12.2 Å². The molecule has 2 aromatic rings. The fourth-order valence-corrected chi connectivity index (χ4v) is 3.65. The summed E-state index contributed by atoms with van der Waals surface area (Å²) >= 11 is 0. The third-order valence-corrected chi connectivity index (χ3v) is 5.28. The van der Waals surface area contributed by atoms with Crippen LogP contribution in [0.1, 0.15) is 39.2 Å². The maximum atomic E-state index is 12.4. The van der Waals surface area contributed by atoms with Gasteiger partial charge in [0.25, 0.3) is 5.69 Å². The lowest BCUT2D eigenvalue weighted by Gasteiger charge is -2.34. The number of carbonyl (C=O) groups is 2. The number of nitro groups is 1. The summed E-state index contributed by atoms with van der Waals surface area (Å²) in [4.78, 5) is 36.8. The van der Waals surface area contributed by atoms with E-state index < -0.39 is 16.6 Å². The Morgan fingerprint density at radius 3 is 2.54 bits per heavy atom. The minimum absolute atomic E-state index is 0.0972. The maximum absolute atomic E-state index is 12.4. The number of piperidine rings is 1. The van der Waals surface area contributed by atoms with Crippen LogP contribution in [-0.2, 0) is 4.74 Å². The summed E-state index contributed by atoms with van der Waals surface area (Å²) in [5, 5.41) is 13.4. The quantitative estimate of drug-likeness (QED) is 0.421. The zero-order valence-corrected chi connectivity index (χ0v) is 20.4. The van der Waals surface area contributed by atoms with E-state index in [9.17, 15) is 19.7 Å². The van der Waals surface area contributed by atoms with Crippen molar-refractivity contribution in [2.45, 2.75) is 46.1 Å². The summed E-state index contributed by atoms with van der Waals surface area (Å²) in [7, 11) is 0. The molecule has 35 heavy (non-hydrogen) atoms. The number of nitrogens with one attached hydrogen (secondary N) is 1. The fraction of sp³-hybridized carbons (Fsp3) is 0.440. The molecule has 188 valence electrons. The predicted octanol–water partition coefficient (Wildman–Crippen LogP) is 5.54. The van der Waals surface area contributed by atoms with Gasteiger partial charge in [-0.1, -0.05) is 6.07 Å². The molecule has 1 unspecified atom stereocenters. The van der Waals surface area contributed by atoms with Crippen molar-refractivity contribution < 1.29 is 28.7 Å². The number of likely N-dealkylation sites (tertiary alicyclic amines) is 1. The van der Waals surface area contributed by atoms with Crippen molar-refractivity contribution in [3.05, 3.63) is 58.1 Å². The van der Waals surface area contributed by atoms with Gasteiger partial charge in [0.2, 0.25) is 0 Å². The van der Waals surface area contributed by atoms with Gasteiger partial charge in [-0.05, 0) is 70.4 Å². The van der Waals surface area contributed by atoms with E-state index in [1.54, 1.807) is 17.0 Å². The number of nitrogens with zero attached hydrogens (tertiary/aromatic N) is 2. The molecule has 0 bridgehead atoms. The lowest BCUT2D eigenvalue weighted by atomic mass is 9.99. The number of aryl methyl sites for hydroxylation is 1. The topological polar surface area (TPSA) is 120 Å². The van der Waals surface area contributed by atoms with Crippen molar-refractivity contribution >= 4 is 23.6 Å². The van der Waals surface area contributed by atoms with Gasteiger partial charge in [0.05, 0.1) is 17.2 Å². The van der Waals surface area contributed by atoms with E-state index in [0.29, 0.717) is 31.1 Å². The number of amides is 2. The Kier molecular flexibility index (Phi) is 8.16. The molecule has 0 aromatic heterocycles. The summed E-state index contributed by atoms with van der Waals surface area (Å²) in [6, 6.07) is 10.6. The largest absolute Gasteiger partial charge is 0.491 e. The molecule has 1 aliphatic heterocycles. The molecule has 1 atom stereocenters. The fourth-order valence-electron chi connectivity index (χ4n) is 3.65. The van der Waals surface area contributed by atoms with Gasteiger partial charge in [0, 0.05) is 31.1 Å². The van der Waals surface area contributed by atoms with Gasteiger partial charge in [0.15, 0.2) is 0 Å². The number of rotatable bonds is 6. The molecule has 0 radical (unpaired) electrons. The van der Waals surface area contributed by atoms with E-state index >= 15 is 0 Å². The van der Waals surface area contributed by atoms with Crippen molar-refractivity contribution in [3.63, 3.8) is 0 Å². The first kappa shape index (κ1) is 25.8. The summed E-state index contributed by atoms with van der Waals surface area (Å²) in [5.41, 5.74) is 0.708. The van der Waals surface area contributed by atoms with Gasteiger partial charge in [-0.3, -0.25) is 15.4 Å². The van der Waals surface area contributed by atoms with Crippen molar-refractivity contribution in [2.75, 3.05) is 25.0 Å². The first-order valence-corrected chi connectivity index (χ1v) is 11.4. The van der Waals surface area contributed by atoms with Crippen molar-refractivity contribution in [1.82, 2.24) is 4.90 Å². The van der Waals surface area contributed by atoms with Crippen molar-refractivity contribution in [1.29, 1.82) is 0 Å². The van der Waals surface area contributed by atoms with E-state index in [-0.39, 0.29) is 23.4 Å². The highest BCUT2D eigenvalue weighted by Crippen LogP contribution is 2.28. The van der Waals surface area contributed by atoms with Crippen LogP contribution in [0.25, 0.3) is 0 Å². The highest BCUT2D eigenvalue weighted by molar-refractivity contribution is 5.88. The Labute approximate surface area is 204 Å². The van der Waals surface area contributed by atoms with E-state index in [1.807, 2.05) is 33.8 Å². The Balaban J connectivity index is 1.59. The SMILES string of the molecule is Cc1ccc(OCC2CCCN(C(=O)OC(C)(C)C)C2)c(NC(=O)Oc2ccc([N+](=O)[O-])cc2)c1. The van der Waals surface area contributed by atoms with E-state index in [2.05, 4.69) is 5.32 Å². The number of hydrogen-bond donors (Lipinski definition) is 1. The molecule has 3 rings (SSSR count). The third kappa shape index (κ3) is 7.87. The summed E-state index contributed by atoms with van der Waals surface area (Å²) in [6.07, 6.45) is 0.696. The van der Waals surface area contributed by atoms with Crippen molar-refractivity contribution in [3.8, 4) is 11.5 Å². The van der Waals surface area contributed by atoms with Crippen LogP contribution in [0.4, 0.5) is 21.0 Å². The maximum Gasteiger partial charge on any atom is 0.417 e. The highest BCUT2D eigenvalue weighted by Gasteiger charge is 2.28. The molecule has 1 saturated heterocycles. The van der Waals surface area contributed by atoms with Gasteiger partial charge < -0.3 is 19.1 Å². The minimum Gasteiger partial charge on any atom is -0.491 e. The highest BCUT2D eigenvalue weighted by atomic mass is 16.6.